The normalized spacial score (nSPS) is 11.1. The second kappa shape index (κ2) is 9.41. The maximum absolute atomic E-state index is 14.0. The van der Waals surface area contributed by atoms with Gasteiger partial charge in [-0.1, -0.05) is 30.3 Å². The number of nitrogens with one attached hydrogen (secondary N) is 2. The Labute approximate surface area is 200 Å². The molecule has 6 N–H and O–H groups in total. The second-order valence-corrected chi connectivity index (χ2v) is 9.00. The highest BCUT2D eigenvalue weighted by Crippen LogP contribution is 2.28. The molecule has 1 aromatic heterocycles. The van der Waals surface area contributed by atoms with E-state index < -0.39 is 27.6 Å². The number of hydrogen-bond donors (Lipinski definition) is 4. The minimum atomic E-state index is -3.92. The van der Waals surface area contributed by atoms with Gasteiger partial charge in [-0.3, -0.25) is 10.2 Å². The number of nitrogen functional groups attached to an aromatic ring is 1. The molecule has 35 heavy (non-hydrogen) atoms. The van der Waals surface area contributed by atoms with Crippen LogP contribution in [0.3, 0.4) is 0 Å². The molecule has 0 spiro atoms. The second-order valence-electron chi connectivity index (χ2n) is 7.47. The maximum Gasteiger partial charge on any atom is 0.259 e. The van der Waals surface area contributed by atoms with Gasteiger partial charge in [-0.25, -0.2) is 27.9 Å². The van der Waals surface area contributed by atoms with Gasteiger partial charge in [0.25, 0.3) is 5.91 Å². The van der Waals surface area contributed by atoms with E-state index in [1.807, 2.05) is 0 Å². The third-order valence-corrected chi connectivity index (χ3v) is 6.10. The molecule has 1 amide bonds. The van der Waals surface area contributed by atoms with Crippen LogP contribution >= 0.6 is 0 Å². The highest BCUT2D eigenvalue weighted by atomic mass is 32.2. The Morgan fingerprint density at radius 1 is 0.971 bits per heavy atom. The summed E-state index contributed by atoms with van der Waals surface area (Å²) in [5, 5.41) is 15.6. The van der Waals surface area contributed by atoms with Crippen LogP contribution in [0.5, 0.6) is 0 Å². The van der Waals surface area contributed by atoms with Gasteiger partial charge >= 0.3 is 0 Å². The first-order valence-corrected chi connectivity index (χ1v) is 11.7. The van der Waals surface area contributed by atoms with E-state index in [4.69, 9.17) is 16.3 Å². The van der Waals surface area contributed by atoms with E-state index in [1.54, 1.807) is 42.5 Å². The van der Waals surface area contributed by atoms with Crippen LogP contribution in [0.15, 0.2) is 84.1 Å². The number of rotatable bonds is 6. The number of primary sulfonamides is 1. The third kappa shape index (κ3) is 5.05. The molecule has 11 heteroatoms. The van der Waals surface area contributed by atoms with E-state index in [0.29, 0.717) is 22.4 Å². The van der Waals surface area contributed by atoms with E-state index in [2.05, 4.69) is 15.3 Å². The zero-order valence-electron chi connectivity index (χ0n) is 18.1. The van der Waals surface area contributed by atoms with E-state index >= 15 is 0 Å². The van der Waals surface area contributed by atoms with Gasteiger partial charge in [-0.05, 0) is 42.0 Å². The average molecular weight is 491 g/mol. The number of hydrogen-bond acceptors (Lipinski definition) is 6. The molecule has 0 radical (unpaired) electrons. The van der Waals surface area contributed by atoms with Crippen LogP contribution in [0, 0.1) is 11.2 Å². The molecule has 4 aromatic rings. The lowest BCUT2D eigenvalue weighted by Gasteiger charge is -2.12. The lowest BCUT2D eigenvalue weighted by atomic mass is 10.0. The van der Waals surface area contributed by atoms with Crippen molar-refractivity contribution in [1.29, 1.82) is 5.41 Å². The fourth-order valence-corrected chi connectivity index (χ4v) is 4.25. The van der Waals surface area contributed by atoms with Crippen molar-refractivity contribution >= 4 is 27.5 Å². The molecule has 9 nitrogen and oxygen atoms in total. The molecule has 1 heterocycles. The minimum absolute atomic E-state index is 0.00732. The van der Waals surface area contributed by atoms with Gasteiger partial charge in [-0.2, -0.15) is 0 Å². The summed E-state index contributed by atoms with van der Waals surface area (Å²) in [5.74, 6) is -1.63. The van der Waals surface area contributed by atoms with E-state index in [-0.39, 0.29) is 21.7 Å². The van der Waals surface area contributed by atoms with E-state index in [1.165, 1.54) is 30.7 Å². The first kappa shape index (κ1) is 23.7. The lowest BCUT2D eigenvalue weighted by molar-refractivity contribution is 0.102. The molecule has 0 unspecified atom stereocenters. The molecule has 0 aliphatic carbocycles. The van der Waals surface area contributed by atoms with Crippen molar-refractivity contribution in [3.05, 3.63) is 96.2 Å². The van der Waals surface area contributed by atoms with Crippen molar-refractivity contribution in [2.24, 2.45) is 10.9 Å². The average Bonchev–Trinajstić information content (AvgIpc) is 2.84. The molecule has 176 valence electrons. The van der Waals surface area contributed by atoms with Crippen LogP contribution in [0.25, 0.3) is 22.4 Å². The first-order chi connectivity index (χ1) is 16.6. The Bertz CT molecular complexity index is 1560. The molecule has 3 aromatic carbocycles. The number of sulfonamides is 1. The number of amidine groups is 1. The number of anilines is 1. The zero-order valence-corrected chi connectivity index (χ0v) is 18.9. The van der Waals surface area contributed by atoms with Crippen molar-refractivity contribution in [2.75, 3.05) is 5.32 Å². The summed E-state index contributed by atoms with van der Waals surface area (Å²) in [6.45, 7) is 0. The standard InChI is InChI=1S/C24H19FN6O3S/c25-20-10-7-15(11-18(20)23(26)27)22-19(12-29-13-30-22)24(32)31-16-8-5-14(6-9-16)17-3-1-2-4-21(17)35(28,33)34/h1-13H,(H3,26,27)(H,31,32)(H2,28,33,34). The number of halogens is 1. The van der Waals surface area contributed by atoms with E-state index in [0.717, 1.165) is 6.07 Å². The van der Waals surface area contributed by atoms with Crippen LogP contribution in [0.2, 0.25) is 0 Å². The minimum Gasteiger partial charge on any atom is -0.384 e. The highest BCUT2D eigenvalue weighted by Gasteiger charge is 2.18. The van der Waals surface area contributed by atoms with Gasteiger partial charge in [-0.15, -0.1) is 0 Å². The van der Waals surface area contributed by atoms with Crippen molar-refractivity contribution < 1.29 is 17.6 Å². The van der Waals surface area contributed by atoms with Gasteiger partial charge in [0.2, 0.25) is 10.0 Å². The van der Waals surface area contributed by atoms with Crippen LogP contribution in [-0.2, 0) is 10.0 Å². The Kier molecular flexibility index (Phi) is 6.36. The number of amides is 1. The molecular weight excluding hydrogens is 471 g/mol. The smallest absolute Gasteiger partial charge is 0.259 e. The molecule has 0 aliphatic rings. The molecule has 4 rings (SSSR count). The van der Waals surface area contributed by atoms with Gasteiger partial charge in [0.05, 0.1) is 21.7 Å². The summed E-state index contributed by atoms with van der Waals surface area (Å²) in [5.41, 5.74) is 7.54. The SMILES string of the molecule is N=C(N)c1cc(-c2ncncc2C(=O)Nc2ccc(-c3ccccc3S(N)(=O)=O)cc2)ccc1F. The number of carbonyl (C=O) groups excluding carboxylic acids is 1. The number of aromatic nitrogens is 2. The van der Waals surface area contributed by atoms with Crippen molar-refractivity contribution in [2.45, 2.75) is 4.90 Å². The van der Waals surface area contributed by atoms with Crippen LogP contribution in [0.4, 0.5) is 10.1 Å². The third-order valence-electron chi connectivity index (χ3n) is 5.13. The summed E-state index contributed by atoms with van der Waals surface area (Å²) in [6, 6.07) is 16.8. The molecule has 0 atom stereocenters. The number of nitrogens with two attached hydrogens (primary N) is 2. The maximum atomic E-state index is 14.0. The number of benzene rings is 3. The predicted molar refractivity (Wildman–Crippen MR) is 130 cm³/mol. The Balaban J connectivity index is 1.62. The quantitative estimate of drug-likeness (QED) is 0.239. The lowest BCUT2D eigenvalue weighted by Crippen LogP contribution is -2.15. The Morgan fingerprint density at radius 3 is 2.34 bits per heavy atom. The van der Waals surface area contributed by atoms with Crippen molar-refractivity contribution in [3.63, 3.8) is 0 Å². The molecule has 0 saturated carbocycles. The van der Waals surface area contributed by atoms with E-state index in [9.17, 15) is 17.6 Å². The zero-order chi connectivity index (χ0) is 25.2. The summed E-state index contributed by atoms with van der Waals surface area (Å²) >= 11 is 0. The van der Waals surface area contributed by atoms with Crippen LogP contribution in [0.1, 0.15) is 15.9 Å². The fourth-order valence-electron chi connectivity index (χ4n) is 3.49. The van der Waals surface area contributed by atoms with Crippen LogP contribution < -0.4 is 16.2 Å². The summed E-state index contributed by atoms with van der Waals surface area (Å²) < 4.78 is 37.7. The number of nitrogens with zero attached hydrogens (tertiary/aromatic N) is 2. The molecular formula is C24H19FN6O3S. The van der Waals surface area contributed by atoms with Gasteiger partial charge in [0.15, 0.2) is 0 Å². The molecule has 0 saturated heterocycles. The Hall–Kier alpha value is -4.48. The fraction of sp³-hybridized carbons (Fsp3) is 0. The van der Waals surface area contributed by atoms with Gasteiger partial charge < -0.3 is 11.1 Å². The molecule has 0 aliphatic heterocycles. The summed E-state index contributed by atoms with van der Waals surface area (Å²) in [4.78, 5) is 21.1. The first-order valence-electron chi connectivity index (χ1n) is 10.1. The monoisotopic (exact) mass is 490 g/mol. The molecule has 0 fully saturated rings. The van der Waals surface area contributed by atoms with Crippen molar-refractivity contribution in [1.82, 2.24) is 9.97 Å². The summed E-state index contributed by atoms with van der Waals surface area (Å²) in [7, 11) is -3.92. The summed E-state index contributed by atoms with van der Waals surface area (Å²) in [6.07, 6.45) is 2.58. The largest absolute Gasteiger partial charge is 0.384 e. The van der Waals surface area contributed by atoms with Crippen LogP contribution in [-0.4, -0.2) is 30.1 Å². The topological polar surface area (TPSA) is 165 Å². The predicted octanol–water partition coefficient (Wildman–Crippen LogP) is 3.13. The van der Waals surface area contributed by atoms with Gasteiger partial charge in [0.1, 0.15) is 18.0 Å². The number of carbonyl (C=O) groups is 1. The Morgan fingerprint density at radius 2 is 1.66 bits per heavy atom. The van der Waals surface area contributed by atoms with Gasteiger partial charge in [0, 0.05) is 23.0 Å². The molecule has 0 bridgehead atoms. The van der Waals surface area contributed by atoms with Crippen molar-refractivity contribution in [3.8, 4) is 22.4 Å². The highest BCUT2D eigenvalue weighted by molar-refractivity contribution is 7.89.